The number of carbonyl (C=O) groups excluding carboxylic acids is 1. The van der Waals surface area contributed by atoms with Crippen LogP contribution in [0.15, 0.2) is 42.0 Å². The number of rotatable bonds is 4. The van der Waals surface area contributed by atoms with E-state index in [1.165, 1.54) is 6.07 Å². The lowest BCUT2D eigenvalue weighted by atomic mass is 10.2. The Labute approximate surface area is 166 Å². The fraction of sp³-hybridized carbons (Fsp3) is 0.300. The molecule has 0 N–H and O–H groups in total. The number of fused-ring (bicyclic) bond motifs is 1. The molecule has 1 aliphatic rings. The van der Waals surface area contributed by atoms with Gasteiger partial charge >= 0.3 is 0 Å². The summed E-state index contributed by atoms with van der Waals surface area (Å²) in [5.41, 5.74) is 2.58. The third-order valence-corrected chi connectivity index (χ3v) is 5.48. The number of anilines is 1. The Balaban J connectivity index is 1.52. The van der Waals surface area contributed by atoms with Gasteiger partial charge in [0.05, 0.1) is 29.9 Å². The van der Waals surface area contributed by atoms with Crippen molar-refractivity contribution in [2.24, 2.45) is 0 Å². The molecule has 0 saturated carbocycles. The number of aromatic nitrogens is 3. The molecule has 3 aromatic heterocycles. The maximum Gasteiger partial charge on any atom is 0.228 e. The number of aryl methyl sites for hydroxylation is 1. The van der Waals surface area contributed by atoms with Gasteiger partial charge in [0.15, 0.2) is 0 Å². The molecular formula is C20H20FN5OS. The van der Waals surface area contributed by atoms with E-state index in [1.54, 1.807) is 23.6 Å². The van der Waals surface area contributed by atoms with Gasteiger partial charge < -0.3 is 9.80 Å². The number of pyridine rings is 2. The van der Waals surface area contributed by atoms with Gasteiger partial charge in [-0.25, -0.2) is 14.4 Å². The lowest BCUT2D eigenvalue weighted by Gasteiger charge is -2.23. The van der Waals surface area contributed by atoms with Crippen LogP contribution in [0.25, 0.3) is 0 Å². The van der Waals surface area contributed by atoms with Crippen molar-refractivity contribution in [1.82, 2.24) is 19.9 Å². The summed E-state index contributed by atoms with van der Waals surface area (Å²) in [6.07, 6.45) is 3.07. The summed E-state index contributed by atoms with van der Waals surface area (Å²) in [5, 5.41) is 3.10. The summed E-state index contributed by atoms with van der Waals surface area (Å²) in [6.45, 7) is 4.40. The molecule has 0 aliphatic carbocycles. The summed E-state index contributed by atoms with van der Waals surface area (Å²) in [6, 6.07) is 6.77. The predicted octanol–water partition coefficient (Wildman–Crippen LogP) is 2.97. The molecule has 0 saturated heterocycles. The SMILES string of the molecule is Cc1nc(CN2CCN(C(=O)Cc3ccc(F)cn3)Cc3cccnc32)cs1. The van der Waals surface area contributed by atoms with Gasteiger partial charge in [0.25, 0.3) is 0 Å². The van der Waals surface area contributed by atoms with Crippen LogP contribution >= 0.6 is 11.3 Å². The number of hydrogen-bond acceptors (Lipinski definition) is 6. The summed E-state index contributed by atoms with van der Waals surface area (Å²) in [5.74, 6) is 0.461. The molecule has 6 nitrogen and oxygen atoms in total. The molecule has 8 heteroatoms. The van der Waals surface area contributed by atoms with E-state index in [4.69, 9.17) is 0 Å². The van der Waals surface area contributed by atoms with E-state index < -0.39 is 5.82 Å². The summed E-state index contributed by atoms with van der Waals surface area (Å²) < 4.78 is 13.0. The number of hydrogen-bond donors (Lipinski definition) is 0. The minimum Gasteiger partial charge on any atom is -0.349 e. The van der Waals surface area contributed by atoms with Crippen molar-refractivity contribution >= 4 is 23.1 Å². The van der Waals surface area contributed by atoms with Crippen molar-refractivity contribution in [2.45, 2.75) is 26.4 Å². The zero-order valence-corrected chi connectivity index (χ0v) is 16.3. The molecule has 0 atom stereocenters. The average molecular weight is 397 g/mol. The van der Waals surface area contributed by atoms with Gasteiger partial charge in [-0.2, -0.15) is 0 Å². The first-order valence-corrected chi connectivity index (χ1v) is 9.94. The van der Waals surface area contributed by atoms with E-state index in [0.29, 0.717) is 31.9 Å². The van der Waals surface area contributed by atoms with Crippen molar-refractivity contribution in [3.05, 3.63) is 69.8 Å². The second-order valence-electron chi connectivity index (χ2n) is 6.73. The molecule has 0 aromatic carbocycles. The first kappa shape index (κ1) is 18.5. The van der Waals surface area contributed by atoms with Crippen molar-refractivity contribution in [2.75, 3.05) is 18.0 Å². The Bertz CT molecular complexity index is 975. The minimum absolute atomic E-state index is 0.0275. The molecule has 0 spiro atoms. The third kappa shape index (κ3) is 4.17. The van der Waals surface area contributed by atoms with Crippen molar-refractivity contribution in [3.63, 3.8) is 0 Å². The molecule has 0 fully saturated rings. The summed E-state index contributed by atoms with van der Waals surface area (Å²) in [7, 11) is 0. The van der Waals surface area contributed by atoms with Crippen LogP contribution in [0.1, 0.15) is 22.0 Å². The van der Waals surface area contributed by atoms with Crippen molar-refractivity contribution < 1.29 is 9.18 Å². The molecule has 0 bridgehead atoms. The first-order chi connectivity index (χ1) is 13.6. The van der Waals surface area contributed by atoms with E-state index in [1.807, 2.05) is 24.0 Å². The van der Waals surface area contributed by atoms with Gasteiger partial charge in [0.2, 0.25) is 5.91 Å². The smallest absolute Gasteiger partial charge is 0.228 e. The zero-order valence-electron chi connectivity index (χ0n) is 15.5. The Morgan fingerprint density at radius 1 is 1.21 bits per heavy atom. The maximum atomic E-state index is 13.0. The molecule has 0 unspecified atom stereocenters. The maximum absolute atomic E-state index is 13.0. The molecule has 4 rings (SSSR count). The number of amides is 1. The molecule has 4 heterocycles. The fourth-order valence-electron chi connectivity index (χ4n) is 3.29. The highest BCUT2D eigenvalue weighted by Gasteiger charge is 2.24. The fourth-order valence-corrected chi connectivity index (χ4v) is 3.90. The van der Waals surface area contributed by atoms with Crippen LogP contribution in [-0.4, -0.2) is 38.8 Å². The Morgan fingerprint density at radius 2 is 2.11 bits per heavy atom. The van der Waals surface area contributed by atoms with E-state index in [-0.39, 0.29) is 12.3 Å². The molecule has 1 amide bonds. The number of nitrogens with zero attached hydrogens (tertiary/aromatic N) is 5. The number of halogens is 1. The predicted molar refractivity (Wildman–Crippen MR) is 105 cm³/mol. The Kier molecular flexibility index (Phi) is 5.29. The van der Waals surface area contributed by atoms with E-state index in [9.17, 15) is 9.18 Å². The second-order valence-corrected chi connectivity index (χ2v) is 7.79. The largest absolute Gasteiger partial charge is 0.349 e. The van der Waals surface area contributed by atoms with Crippen LogP contribution in [0, 0.1) is 12.7 Å². The Morgan fingerprint density at radius 3 is 2.86 bits per heavy atom. The number of carbonyl (C=O) groups is 1. The van der Waals surface area contributed by atoms with Gasteiger partial charge in [-0.15, -0.1) is 11.3 Å². The molecule has 0 radical (unpaired) electrons. The van der Waals surface area contributed by atoms with Crippen LogP contribution in [-0.2, 0) is 24.3 Å². The topological polar surface area (TPSA) is 62.2 Å². The highest BCUT2D eigenvalue weighted by molar-refractivity contribution is 7.09. The Hall–Kier alpha value is -2.87. The zero-order chi connectivity index (χ0) is 19.5. The standard InChI is InChI=1S/C20H20FN5OS/c1-14-24-18(13-28-14)12-26-8-7-25(11-15-3-2-6-22-20(15)26)19(27)9-17-5-4-16(21)10-23-17/h2-6,10,13H,7-9,11-12H2,1H3. The van der Waals surface area contributed by atoms with Gasteiger partial charge in [-0.3, -0.25) is 9.78 Å². The third-order valence-electron chi connectivity index (χ3n) is 4.66. The lowest BCUT2D eigenvalue weighted by molar-refractivity contribution is -0.130. The molecule has 28 heavy (non-hydrogen) atoms. The lowest BCUT2D eigenvalue weighted by Crippen LogP contribution is -2.36. The van der Waals surface area contributed by atoms with Gasteiger partial charge in [-0.1, -0.05) is 6.07 Å². The van der Waals surface area contributed by atoms with Crippen molar-refractivity contribution in [3.8, 4) is 0 Å². The quantitative estimate of drug-likeness (QED) is 0.677. The molecular weight excluding hydrogens is 377 g/mol. The highest BCUT2D eigenvalue weighted by Crippen LogP contribution is 2.25. The molecule has 3 aromatic rings. The van der Waals surface area contributed by atoms with Crippen molar-refractivity contribution in [1.29, 1.82) is 0 Å². The monoisotopic (exact) mass is 397 g/mol. The summed E-state index contributed by atoms with van der Waals surface area (Å²) >= 11 is 1.63. The van der Waals surface area contributed by atoms with E-state index in [0.717, 1.165) is 28.3 Å². The van der Waals surface area contributed by atoms with Crippen LogP contribution in [0.4, 0.5) is 10.2 Å². The van der Waals surface area contributed by atoms with Crippen LogP contribution < -0.4 is 4.90 Å². The van der Waals surface area contributed by atoms with E-state index >= 15 is 0 Å². The van der Waals surface area contributed by atoms with Gasteiger partial charge in [-0.05, 0) is 25.1 Å². The average Bonchev–Trinajstić information content (AvgIpc) is 3.01. The first-order valence-electron chi connectivity index (χ1n) is 9.06. The highest BCUT2D eigenvalue weighted by atomic mass is 32.1. The normalized spacial score (nSPS) is 13.9. The van der Waals surface area contributed by atoms with Gasteiger partial charge in [0, 0.05) is 42.5 Å². The van der Waals surface area contributed by atoms with Crippen LogP contribution in [0.3, 0.4) is 0 Å². The minimum atomic E-state index is -0.404. The molecule has 144 valence electrons. The summed E-state index contributed by atoms with van der Waals surface area (Å²) in [4.78, 5) is 29.9. The van der Waals surface area contributed by atoms with Crippen LogP contribution in [0.2, 0.25) is 0 Å². The second kappa shape index (κ2) is 8.02. The number of thiazole rings is 1. The van der Waals surface area contributed by atoms with Crippen LogP contribution in [0.5, 0.6) is 0 Å². The van der Waals surface area contributed by atoms with Gasteiger partial charge in [0.1, 0.15) is 11.6 Å². The molecule has 1 aliphatic heterocycles. The van der Waals surface area contributed by atoms with E-state index in [2.05, 4.69) is 25.2 Å².